The fraction of sp³-hybridized carbons (Fsp3) is 0.423. The Bertz CT molecular complexity index is 1370. The zero-order valence-corrected chi connectivity index (χ0v) is 20.6. The number of hydrogen-bond acceptors (Lipinski definition) is 6. The molecule has 2 aliphatic rings. The minimum absolute atomic E-state index is 0.109. The zero-order chi connectivity index (χ0) is 25.4. The molecule has 0 N–H and O–H groups in total. The summed E-state index contributed by atoms with van der Waals surface area (Å²) in [6.07, 6.45) is 9.22. The maximum absolute atomic E-state index is 12.9. The van der Waals surface area contributed by atoms with Gasteiger partial charge in [0.15, 0.2) is 0 Å². The Labute approximate surface area is 209 Å². The summed E-state index contributed by atoms with van der Waals surface area (Å²) in [5.74, 6) is 0.497. The quantitative estimate of drug-likeness (QED) is 0.494. The summed E-state index contributed by atoms with van der Waals surface area (Å²) in [5.41, 5.74) is 4.02. The van der Waals surface area contributed by atoms with E-state index in [1.54, 1.807) is 22.7 Å². The lowest BCUT2D eigenvalue weighted by atomic mass is 9.96. The summed E-state index contributed by atoms with van der Waals surface area (Å²) in [4.78, 5) is 28.1. The van der Waals surface area contributed by atoms with E-state index >= 15 is 0 Å². The first-order valence-corrected chi connectivity index (χ1v) is 12.2. The number of aryl methyl sites for hydroxylation is 1. The van der Waals surface area contributed by atoms with Crippen molar-refractivity contribution < 1.29 is 14.3 Å². The highest BCUT2D eigenvalue weighted by molar-refractivity contribution is 5.90. The predicted octanol–water partition coefficient (Wildman–Crippen LogP) is 2.45. The van der Waals surface area contributed by atoms with Gasteiger partial charge < -0.3 is 14.5 Å². The smallest absolute Gasteiger partial charge is 0.246 e. The molecule has 2 fully saturated rings. The molecule has 5 heterocycles. The second-order valence-electron chi connectivity index (χ2n) is 9.28. The molecular formula is C26H29N7O3. The SMILES string of the molecule is C=CC(=O)N1CC(C(=O)N2CCC(n3cc(-c4cc(OC)c5c(C#N)cnn5c4)c(CC)n3)CC2)C1. The molecule has 2 saturated heterocycles. The molecule has 2 aliphatic heterocycles. The molecule has 0 aromatic carbocycles. The number of methoxy groups -OCH3 is 1. The Morgan fingerprint density at radius 3 is 2.64 bits per heavy atom. The van der Waals surface area contributed by atoms with Crippen molar-refractivity contribution in [3.63, 3.8) is 0 Å². The number of ether oxygens (including phenoxy) is 1. The number of piperidine rings is 1. The van der Waals surface area contributed by atoms with Crippen LogP contribution in [0.4, 0.5) is 0 Å². The van der Waals surface area contributed by atoms with Crippen molar-refractivity contribution in [3.05, 3.63) is 48.6 Å². The summed E-state index contributed by atoms with van der Waals surface area (Å²) in [6.45, 7) is 7.89. The van der Waals surface area contributed by atoms with Crippen molar-refractivity contribution in [2.75, 3.05) is 33.3 Å². The van der Waals surface area contributed by atoms with Gasteiger partial charge in [0.05, 0.1) is 31.0 Å². The van der Waals surface area contributed by atoms with E-state index in [1.165, 1.54) is 6.08 Å². The van der Waals surface area contributed by atoms with Crippen LogP contribution in [0.5, 0.6) is 5.75 Å². The molecule has 10 nitrogen and oxygen atoms in total. The van der Waals surface area contributed by atoms with Crippen molar-refractivity contribution in [2.45, 2.75) is 32.2 Å². The first kappa shape index (κ1) is 23.6. The fourth-order valence-electron chi connectivity index (χ4n) is 5.14. The fourth-order valence-corrected chi connectivity index (χ4v) is 5.14. The molecule has 0 atom stereocenters. The van der Waals surface area contributed by atoms with E-state index < -0.39 is 0 Å². The Kier molecular flexibility index (Phi) is 6.22. The van der Waals surface area contributed by atoms with E-state index in [1.807, 2.05) is 21.8 Å². The predicted molar refractivity (Wildman–Crippen MR) is 132 cm³/mol. The van der Waals surface area contributed by atoms with E-state index in [9.17, 15) is 14.9 Å². The Hall–Kier alpha value is -4.13. The van der Waals surface area contributed by atoms with Crippen molar-refractivity contribution in [3.8, 4) is 22.9 Å². The topological polar surface area (TPSA) is 109 Å². The van der Waals surface area contributed by atoms with Gasteiger partial charge in [0, 0.05) is 49.7 Å². The Morgan fingerprint density at radius 2 is 2.00 bits per heavy atom. The van der Waals surface area contributed by atoms with Crippen LogP contribution in [-0.2, 0) is 16.0 Å². The number of aromatic nitrogens is 4. The van der Waals surface area contributed by atoms with Crippen molar-refractivity contribution >= 4 is 17.3 Å². The standard InChI is InChI=1S/C26H29N7O3/c1-4-22-21(17-10-23(36-3)25-18(11-27)12-28-33(25)15-17)16-32(29-22)20-6-8-30(9-7-20)26(35)19-13-31(14-19)24(34)5-2/h5,10,12,15-16,19-20H,2,4,6-9,13-14H2,1,3H3. The van der Waals surface area contributed by atoms with Crippen molar-refractivity contribution in [2.24, 2.45) is 5.92 Å². The van der Waals surface area contributed by atoms with Crippen LogP contribution in [0.15, 0.2) is 37.3 Å². The molecule has 2 amide bonds. The molecular weight excluding hydrogens is 458 g/mol. The third-order valence-corrected chi connectivity index (χ3v) is 7.24. The van der Waals surface area contributed by atoms with Crippen molar-refractivity contribution in [1.82, 2.24) is 29.2 Å². The number of nitriles is 1. The lowest BCUT2D eigenvalue weighted by Crippen LogP contribution is -2.57. The average molecular weight is 488 g/mol. The third kappa shape index (κ3) is 4.00. The van der Waals surface area contributed by atoms with Gasteiger partial charge in [-0.3, -0.25) is 14.3 Å². The van der Waals surface area contributed by atoms with E-state index in [4.69, 9.17) is 9.84 Å². The van der Waals surface area contributed by atoms with E-state index in [0.717, 1.165) is 36.1 Å². The monoisotopic (exact) mass is 487 g/mol. The molecule has 186 valence electrons. The van der Waals surface area contributed by atoms with Crippen LogP contribution < -0.4 is 4.74 Å². The highest BCUT2D eigenvalue weighted by atomic mass is 16.5. The summed E-state index contributed by atoms with van der Waals surface area (Å²) in [5, 5.41) is 18.6. The molecule has 36 heavy (non-hydrogen) atoms. The Balaban J connectivity index is 1.31. The molecule has 5 rings (SSSR count). The number of amides is 2. The summed E-state index contributed by atoms with van der Waals surface area (Å²) in [7, 11) is 1.59. The molecule has 0 unspecified atom stereocenters. The molecule has 3 aromatic heterocycles. The van der Waals surface area contributed by atoms with Crippen LogP contribution in [0.3, 0.4) is 0 Å². The minimum atomic E-state index is -0.117. The highest BCUT2D eigenvalue weighted by Gasteiger charge is 2.38. The number of likely N-dealkylation sites (tertiary alicyclic amines) is 2. The number of carbonyl (C=O) groups is 2. The van der Waals surface area contributed by atoms with Gasteiger partial charge in [-0.05, 0) is 31.4 Å². The van der Waals surface area contributed by atoms with Gasteiger partial charge in [-0.1, -0.05) is 13.5 Å². The molecule has 10 heteroatoms. The van der Waals surface area contributed by atoms with Gasteiger partial charge in [0.2, 0.25) is 11.8 Å². The van der Waals surface area contributed by atoms with Gasteiger partial charge in [0.1, 0.15) is 22.9 Å². The lowest BCUT2D eigenvalue weighted by molar-refractivity contribution is -0.147. The van der Waals surface area contributed by atoms with Crippen LogP contribution in [0, 0.1) is 17.2 Å². The number of hydrogen-bond donors (Lipinski definition) is 0. The normalized spacial score (nSPS) is 16.6. The summed E-state index contributed by atoms with van der Waals surface area (Å²) >= 11 is 0. The number of carbonyl (C=O) groups excluding carboxylic acids is 2. The number of pyridine rings is 1. The minimum Gasteiger partial charge on any atom is -0.494 e. The van der Waals surface area contributed by atoms with Crippen LogP contribution >= 0.6 is 0 Å². The maximum Gasteiger partial charge on any atom is 0.246 e. The van der Waals surface area contributed by atoms with E-state index in [2.05, 4.69) is 30.9 Å². The molecule has 0 radical (unpaired) electrons. The maximum atomic E-state index is 12.9. The van der Waals surface area contributed by atoms with Crippen LogP contribution in [0.25, 0.3) is 16.6 Å². The zero-order valence-electron chi connectivity index (χ0n) is 20.6. The van der Waals surface area contributed by atoms with Crippen LogP contribution in [0.1, 0.15) is 37.1 Å². The second-order valence-corrected chi connectivity index (χ2v) is 9.28. The Morgan fingerprint density at radius 1 is 1.25 bits per heavy atom. The van der Waals surface area contributed by atoms with E-state index in [-0.39, 0.29) is 23.8 Å². The van der Waals surface area contributed by atoms with Gasteiger partial charge in [-0.2, -0.15) is 15.5 Å². The molecule has 0 spiro atoms. The third-order valence-electron chi connectivity index (χ3n) is 7.24. The van der Waals surface area contributed by atoms with Gasteiger partial charge in [0.25, 0.3) is 0 Å². The first-order valence-electron chi connectivity index (χ1n) is 12.2. The average Bonchev–Trinajstić information content (AvgIpc) is 3.51. The molecule has 3 aromatic rings. The molecule has 0 aliphatic carbocycles. The lowest BCUT2D eigenvalue weighted by Gasteiger charge is -2.41. The highest BCUT2D eigenvalue weighted by Crippen LogP contribution is 2.33. The number of nitrogens with zero attached hydrogens (tertiary/aromatic N) is 7. The van der Waals surface area contributed by atoms with Gasteiger partial charge in [-0.25, -0.2) is 4.52 Å². The first-order chi connectivity index (χ1) is 17.5. The largest absolute Gasteiger partial charge is 0.494 e. The molecule has 0 saturated carbocycles. The van der Waals surface area contributed by atoms with Gasteiger partial charge >= 0.3 is 0 Å². The van der Waals surface area contributed by atoms with Crippen LogP contribution in [-0.4, -0.2) is 74.3 Å². The second kappa shape index (κ2) is 9.49. The van der Waals surface area contributed by atoms with E-state index in [0.29, 0.717) is 43.0 Å². The summed E-state index contributed by atoms with van der Waals surface area (Å²) < 4.78 is 9.29. The number of rotatable bonds is 6. The summed E-state index contributed by atoms with van der Waals surface area (Å²) in [6, 6.07) is 4.29. The van der Waals surface area contributed by atoms with Crippen LogP contribution in [0.2, 0.25) is 0 Å². The molecule has 0 bridgehead atoms. The number of fused-ring (bicyclic) bond motifs is 1. The van der Waals surface area contributed by atoms with Crippen molar-refractivity contribution in [1.29, 1.82) is 5.26 Å². The van der Waals surface area contributed by atoms with Gasteiger partial charge in [-0.15, -0.1) is 0 Å².